The molecule has 0 aromatic carbocycles. The van der Waals surface area contributed by atoms with Gasteiger partial charge in [-0.3, -0.25) is 9.89 Å². The van der Waals surface area contributed by atoms with Crippen LogP contribution in [0.25, 0.3) is 5.52 Å². The van der Waals surface area contributed by atoms with Crippen molar-refractivity contribution in [1.29, 1.82) is 0 Å². The Morgan fingerprint density at radius 1 is 1.39 bits per heavy atom. The van der Waals surface area contributed by atoms with Crippen molar-refractivity contribution in [3.8, 4) is 12.8 Å². The minimum absolute atomic E-state index is 0.250. The summed E-state index contributed by atoms with van der Waals surface area (Å²) in [4.78, 5) is 15.3. The Balaban J connectivity index is 0.000000620. The second-order valence-electron chi connectivity index (χ2n) is 6.39. The number of rotatable bonds is 7. The molecule has 1 aliphatic rings. The van der Waals surface area contributed by atoms with Crippen molar-refractivity contribution in [1.82, 2.24) is 24.8 Å². The molecule has 0 saturated heterocycles. The number of H-pyrrole nitrogens is 1. The van der Waals surface area contributed by atoms with Gasteiger partial charge < -0.3 is 15.3 Å². The van der Waals surface area contributed by atoms with Gasteiger partial charge in [-0.25, -0.2) is 4.52 Å². The van der Waals surface area contributed by atoms with Gasteiger partial charge in [-0.2, -0.15) is 10.1 Å². The molecule has 3 aromatic heterocycles. The second kappa shape index (κ2) is 13.4. The van der Waals surface area contributed by atoms with Crippen molar-refractivity contribution >= 4 is 29.6 Å². The number of hydrogen-bond acceptors (Lipinski definition) is 6. The van der Waals surface area contributed by atoms with E-state index in [4.69, 9.17) is 14.9 Å². The highest BCUT2D eigenvalue weighted by atomic mass is 16.3. The average Bonchev–Trinajstić information content (AvgIpc) is 3.35. The molecule has 0 atom stereocenters. The van der Waals surface area contributed by atoms with Crippen molar-refractivity contribution in [2.24, 2.45) is 0 Å². The Bertz CT molecular complexity index is 944. The monoisotopic (exact) mass is 425 g/mol. The summed E-state index contributed by atoms with van der Waals surface area (Å²) in [5, 5.41) is 22.4. The number of fused-ring (bicyclic) bond motifs is 1. The Morgan fingerprint density at radius 2 is 2.06 bits per heavy atom. The van der Waals surface area contributed by atoms with Gasteiger partial charge in [0.25, 0.3) is 6.47 Å². The lowest BCUT2D eigenvalue weighted by atomic mass is 10.3. The normalized spacial score (nSPS) is 11.6. The summed E-state index contributed by atoms with van der Waals surface area (Å²) in [6, 6.07) is 6.08. The maximum Gasteiger partial charge on any atom is 0.290 e. The van der Waals surface area contributed by atoms with E-state index in [1.807, 2.05) is 22.8 Å². The van der Waals surface area contributed by atoms with Gasteiger partial charge in [0.2, 0.25) is 5.95 Å². The highest BCUT2D eigenvalue weighted by Gasteiger charge is 2.25. The maximum atomic E-state index is 8.36. The summed E-state index contributed by atoms with van der Waals surface area (Å²) < 4.78 is 1.87. The smallest absolute Gasteiger partial charge is 0.290 e. The van der Waals surface area contributed by atoms with Crippen molar-refractivity contribution < 1.29 is 9.90 Å². The standard InChI is InChI=1S/C17H23N7.C2H4.C2H2.CH2O2/c1-3-9-23(4-2)17-19-16(14-6-5-10-24(14)22-17)18-15-11-13(20-21-15)12-7-8-12;2*1-2;2-1-3/h5-6,10-12H,3-4,7-9H2,1-2H3,(H2,18,19,20,21,22);1-2H2;1-2H;1H,(H,2,3). The summed E-state index contributed by atoms with van der Waals surface area (Å²) in [5.74, 6) is 2.99. The van der Waals surface area contributed by atoms with Gasteiger partial charge in [0.15, 0.2) is 11.6 Å². The van der Waals surface area contributed by atoms with E-state index in [9.17, 15) is 0 Å². The molecule has 0 unspecified atom stereocenters. The van der Waals surface area contributed by atoms with E-state index in [1.165, 1.54) is 18.5 Å². The first-order chi connectivity index (χ1) is 15.2. The van der Waals surface area contributed by atoms with Crippen LogP contribution in [-0.4, -0.2) is 49.5 Å². The Morgan fingerprint density at radius 3 is 2.65 bits per heavy atom. The minimum atomic E-state index is -0.250. The summed E-state index contributed by atoms with van der Waals surface area (Å²) in [6.45, 7) is 11.9. The molecule has 0 amide bonds. The molecule has 1 aliphatic carbocycles. The summed E-state index contributed by atoms with van der Waals surface area (Å²) >= 11 is 0. The Labute approximate surface area is 183 Å². The largest absolute Gasteiger partial charge is 0.483 e. The predicted molar refractivity (Wildman–Crippen MR) is 125 cm³/mol. The summed E-state index contributed by atoms with van der Waals surface area (Å²) in [5.41, 5.74) is 2.15. The molecule has 31 heavy (non-hydrogen) atoms. The van der Waals surface area contributed by atoms with Crippen LogP contribution >= 0.6 is 0 Å². The quantitative estimate of drug-likeness (QED) is 0.297. The molecule has 3 N–H and O–H groups in total. The third kappa shape index (κ3) is 6.89. The van der Waals surface area contributed by atoms with Crippen molar-refractivity contribution in [3.63, 3.8) is 0 Å². The highest BCUT2D eigenvalue weighted by Crippen LogP contribution is 2.39. The van der Waals surface area contributed by atoms with Gasteiger partial charge in [-0.05, 0) is 38.3 Å². The van der Waals surface area contributed by atoms with E-state index < -0.39 is 0 Å². The first kappa shape index (κ1) is 25.2. The van der Waals surface area contributed by atoms with E-state index in [-0.39, 0.29) is 6.47 Å². The lowest BCUT2D eigenvalue weighted by Gasteiger charge is -2.20. The van der Waals surface area contributed by atoms with Crippen LogP contribution in [0.2, 0.25) is 0 Å². The van der Waals surface area contributed by atoms with Crippen LogP contribution in [0.1, 0.15) is 44.7 Å². The second-order valence-corrected chi connectivity index (χ2v) is 6.39. The fraction of sp³-hybridized carbons (Fsp3) is 0.364. The summed E-state index contributed by atoms with van der Waals surface area (Å²) in [7, 11) is 0. The number of aromatic nitrogens is 5. The molecule has 0 radical (unpaired) electrons. The number of nitrogens with one attached hydrogen (secondary N) is 2. The molecule has 3 heterocycles. The van der Waals surface area contributed by atoms with Gasteiger partial charge >= 0.3 is 0 Å². The van der Waals surface area contributed by atoms with E-state index in [0.717, 1.165) is 42.6 Å². The van der Waals surface area contributed by atoms with Crippen molar-refractivity contribution in [2.75, 3.05) is 23.3 Å². The molecule has 1 saturated carbocycles. The van der Waals surface area contributed by atoms with E-state index in [1.54, 1.807) is 0 Å². The number of aromatic amines is 1. The van der Waals surface area contributed by atoms with E-state index in [0.29, 0.717) is 5.92 Å². The fourth-order valence-corrected chi connectivity index (χ4v) is 2.94. The molecule has 4 rings (SSSR count). The van der Waals surface area contributed by atoms with Crippen LogP contribution < -0.4 is 10.2 Å². The molecule has 1 fully saturated rings. The Hall–Kier alpha value is -3.80. The molecule has 166 valence electrons. The van der Waals surface area contributed by atoms with Gasteiger partial charge in [-0.15, -0.1) is 31.1 Å². The predicted octanol–water partition coefficient (Wildman–Crippen LogP) is 4.06. The van der Waals surface area contributed by atoms with Gasteiger partial charge in [-0.1, -0.05) is 6.92 Å². The Kier molecular flexibility index (Phi) is 10.9. The van der Waals surface area contributed by atoms with Crippen LogP contribution in [0, 0.1) is 12.8 Å². The average molecular weight is 426 g/mol. The zero-order valence-corrected chi connectivity index (χ0v) is 18.2. The lowest BCUT2D eigenvalue weighted by Crippen LogP contribution is -2.26. The number of carbonyl (C=O) groups is 1. The number of carboxylic acid groups (broad SMARTS) is 1. The van der Waals surface area contributed by atoms with E-state index >= 15 is 0 Å². The molecule has 0 spiro atoms. The number of anilines is 3. The molecular weight excluding hydrogens is 394 g/mol. The molecular formula is C22H31N7O2. The molecule has 0 aliphatic heterocycles. The number of hydrogen-bond donors (Lipinski definition) is 3. The van der Waals surface area contributed by atoms with Crippen molar-refractivity contribution in [2.45, 2.75) is 39.0 Å². The minimum Gasteiger partial charge on any atom is -0.483 e. The van der Waals surface area contributed by atoms with Crippen LogP contribution in [0.4, 0.5) is 17.6 Å². The van der Waals surface area contributed by atoms with Crippen LogP contribution in [0.15, 0.2) is 37.6 Å². The molecule has 9 heteroatoms. The number of nitrogens with zero attached hydrogens (tertiary/aromatic N) is 5. The zero-order valence-electron chi connectivity index (χ0n) is 18.2. The first-order valence-electron chi connectivity index (χ1n) is 10.0. The zero-order chi connectivity index (χ0) is 23.2. The SMILES string of the molecule is C#C.C=C.CCCN(CC)c1nc(Nc2cc(C3CC3)[nH]n2)c2cccn2n1.O=CO. The van der Waals surface area contributed by atoms with Crippen LogP contribution in [0.3, 0.4) is 0 Å². The van der Waals surface area contributed by atoms with Crippen molar-refractivity contribution in [3.05, 3.63) is 43.2 Å². The number of terminal acetylenes is 1. The van der Waals surface area contributed by atoms with Gasteiger partial charge in [0, 0.05) is 37.0 Å². The highest BCUT2D eigenvalue weighted by molar-refractivity contribution is 5.73. The molecule has 9 nitrogen and oxygen atoms in total. The lowest BCUT2D eigenvalue weighted by molar-refractivity contribution is -0.122. The fourth-order valence-electron chi connectivity index (χ4n) is 2.94. The first-order valence-corrected chi connectivity index (χ1v) is 10.0. The molecule has 3 aromatic rings. The van der Waals surface area contributed by atoms with Crippen LogP contribution in [-0.2, 0) is 4.79 Å². The van der Waals surface area contributed by atoms with Crippen LogP contribution in [0.5, 0.6) is 0 Å². The maximum absolute atomic E-state index is 8.36. The molecule has 0 bridgehead atoms. The van der Waals surface area contributed by atoms with Gasteiger partial charge in [0.05, 0.1) is 0 Å². The van der Waals surface area contributed by atoms with E-state index in [2.05, 4.69) is 71.4 Å². The van der Waals surface area contributed by atoms with Gasteiger partial charge in [0.1, 0.15) is 5.52 Å². The third-order valence-corrected chi connectivity index (χ3v) is 4.40. The topological polar surface area (TPSA) is 111 Å². The summed E-state index contributed by atoms with van der Waals surface area (Å²) in [6.07, 6.45) is 13.5. The third-order valence-electron chi connectivity index (χ3n) is 4.40.